The number of hydrogen-bond acceptors (Lipinski definition) is 4. The molecular formula is C18H35NO4. The number of aliphatic hydroxyl groups is 1. The van der Waals surface area contributed by atoms with E-state index in [0.717, 1.165) is 0 Å². The molecule has 3 atom stereocenters. The number of methoxy groups -OCH3 is 1. The molecule has 0 aromatic rings. The Labute approximate surface area is 141 Å². The number of ether oxygens (including phenoxy) is 1. The molecule has 0 spiro atoms. The van der Waals surface area contributed by atoms with Crippen molar-refractivity contribution >= 4 is 11.7 Å². The number of hydrogen-bond donors (Lipinski definition) is 1. The SMILES string of the molecule is CCC.CO[C@@H]1C[C@@H](CO)N(C(=O)C(C)(C)CC(C)C(C)=O)C1. The summed E-state index contributed by atoms with van der Waals surface area (Å²) in [6.45, 7) is 11.8. The Balaban J connectivity index is 0.00000149. The van der Waals surface area contributed by atoms with Gasteiger partial charge in [-0.15, -0.1) is 0 Å². The summed E-state index contributed by atoms with van der Waals surface area (Å²) < 4.78 is 5.30. The van der Waals surface area contributed by atoms with Crippen LogP contribution in [0.3, 0.4) is 0 Å². The van der Waals surface area contributed by atoms with Crippen molar-refractivity contribution in [3.8, 4) is 0 Å². The van der Waals surface area contributed by atoms with E-state index in [-0.39, 0.29) is 36.4 Å². The molecule has 23 heavy (non-hydrogen) atoms. The van der Waals surface area contributed by atoms with Gasteiger partial charge in [0.25, 0.3) is 0 Å². The van der Waals surface area contributed by atoms with Gasteiger partial charge in [-0.05, 0) is 19.8 Å². The molecule has 0 aliphatic carbocycles. The van der Waals surface area contributed by atoms with E-state index in [1.54, 1.807) is 18.9 Å². The molecular weight excluding hydrogens is 294 g/mol. The summed E-state index contributed by atoms with van der Waals surface area (Å²) in [5.74, 6) is -0.0488. The second-order valence-electron chi connectivity index (χ2n) is 7.19. The first-order valence-corrected chi connectivity index (χ1v) is 8.59. The molecule has 1 saturated heterocycles. The molecule has 1 unspecified atom stereocenters. The van der Waals surface area contributed by atoms with Crippen LogP contribution < -0.4 is 0 Å². The molecule has 136 valence electrons. The number of nitrogens with zero attached hydrogens (tertiary/aromatic N) is 1. The lowest BCUT2D eigenvalue weighted by molar-refractivity contribution is -0.143. The molecule has 0 radical (unpaired) electrons. The van der Waals surface area contributed by atoms with Crippen LogP contribution in [-0.2, 0) is 14.3 Å². The van der Waals surface area contributed by atoms with Crippen molar-refractivity contribution in [3.05, 3.63) is 0 Å². The van der Waals surface area contributed by atoms with Crippen molar-refractivity contribution in [3.63, 3.8) is 0 Å². The Bertz CT molecular complexity index is 381. The van der Waals surface area contributed by atoms with Crippen LogP contribution in [-0.4, -0.2) is 54.1 Å². The van der Waals surface area contributed by atoms with Gasteiger partial charge in [-0.2, -0.15) is 0 Å². The van der Waals surface area contributed by atoms with Crippen LogP contribution >= 0.6 is 0 Å². The monoisotopic (exact) mass is 329 g/mol. The summed E-state index contributed by atoms with van der Waals surface area (Å²) in [6.07, 6.45) is 2.42. The van der Waals surface area contributed by atoms with Gasteiger partial charge in [0.2, 0.25) is 5.91 Å². The smallest absolute Gasteiger partial charge is 0.228 e. The maximum Gasteiger partial charge on any atom is 0.228 e. The standard InChI is InChI=1S/C15H27NO4.C3H8/c1-10(11(2)18)7-15(3,4)14(19)16-8-13(20-5)6-12(16)9-17;1-3-2/h10,12-13,17H,6-9H2,1-5H3;3H2,1-2H3/t10?,12-,13+;/m0./s1. The molecule has 0 aromatic heterocycles. The molecule has 1 N–H and O–H groups in total. The van der Waals surface area contributed by atoms with Gasteiger partial charge in [0, 0.05) is 25.0 Å². The molecule has 1 aliphatic rings. The van der Waals surface area contributed by atoms with E-state index in [1.807, 2.05) is 20.8 Å². The highest BCUT2D eigenvalue weighted by atomic mass is 16.5. The fourth-order valence-corrected chi connectivity index (χ4v) is 2.85. The number of rotatable bonds is 6. The van der Waals surface area contributed by atoms with E-state index < -0.39 is 5.41 Å². The lowest BCUT2D eigenvalue weighted by atomic mass is 9.80. The van der Waals surface area contributed by atoms with Crippen LogP contribution in [0.25, 0.3) is 0 Å². The summed E-state index contributed by atoms with van der Waals surface area (Å²) in [7, 11) is 1.62. The van der Waals surface area contributed by atoms with Crippen molar-refractivity contribution < 1.29 is 19.4 Å². The van der Waals surface area contributed by atoms with Gasteiger partial charge in [0.05, 0.1) is 18.8 Å². The summed E-state index contributed by atoms with van der Waals surface area (Å²) in [6, 6.07) is -0.181. The molecule has 1 aliphatic heterocycles. The minimum Gasteiger partial charge on any atom is -0.394 e. The molecule has 5 heteroatoms. The number of ketones is 1. The van der Waals surface area contributed by atoms with Crippen LogP contribution in [0.2, 0.25) is 0 Å². The second kappa shape index (κ2) is 10.0. The Morgan fingerprint density at radius 3 is 2.26 bits per heavy atom. The van der Waals surface area contributed by atoms with Crippen LogP contribution in [0.1, 0.15) is 60.8 Å². The minimum absolute atomic E-state index is 0.01000. The Kier molecular flexibility index (Phi) is 9.63. The zero-order valence-corrected chi connectivity index (χ0v) is 15.9. The molecule has 1 rings (SSSR count). The van der Waals surface area contributed by atoms with Crippen molar-refractivity contribution in [2.75, 3.05) is 20.3 Å². The van der Waals surface area contributed by atoms with Crippen molar-refractivity contribution in [1.29, 1.82) is 0 Å². The van der Waals surface area contributed by atoms with Gasteiger partial charge < -0.3 is 14.7 Å². The lowest BCUT2D eigenvalue weighted by Gasteiger charge is -2.33. The fraction of sp³-hybridized carbons (Fsp3) is 0.889. The van der Waals surface area contributed by atoms with E-state index in [0.29, 0.717) is 19.4 Å². The average Bonchev–Trinajstić information content (AvgIpc) is 2.89. The highest BCUT2D eigenvalue weighted by Crippen LogP contribution is 2.32. The second-order valence-corrected chi connectivity index (χ2v) is 7.19. The predicted octanol–water partition coefficient (Wildman–Crippen LogP) is 2.65. The molecule has 0 saturated carbocycles. The number of carbonyl (C=O) groups is 2. The number of aliphatic hydroxyl groups excluding tert-OH is 1. The van der Waals surface area contributed by atoms with E-state index in [4.69, 9.17) is 4.74 Å². The highest BCUT2D eigenvalue weighted by Gasteiger charge is 2.41. The maximum atomic E-state index is 12.7. The molecule has 1 amide bonds. The third-order valence-corrected chi connectivity index (χ3v) is 4.27. The fourth-order valence-electron chi connectivity index (χ4n) is 2.85. The Morgan fingerprint density at radius 1 is 1.35 bits per heavy atom. The van der Waals surface area contributed by atoms with E-state index in [2.05, 4.69) is 13.8 Å². The van der Waals surface area contributed by atoms with Gasteiger partial charge in [0.15, 0.2) is 0 Å². The average molecular weight is 329 g/mol. The van der Waals surface area contributed by atoms with Crippen molar-refractivity contribution in [2.45, 2.75) is 73.0 Å². The first-order chi connectivity index (χ1) is 10.6. The topological polar surface area (TPSA) is 66.8 Å². The Hall–Kier alpha value is -0.940. The molecule has 0 aromatic carbocycles. The van der Waals surface area contributed by atoms with Crippen LogP contribution in [0.4, 0.5) is 0 Å². The van der Waals surface area contributed by atoms with Crippen molar-refractivity contribution in [2.24, 2.45) is 11.3 Å². The van der Waals surface area contributed by atoms with E-state index in [9.17, 15) is 14.7 Å². The summed E-state index contributed by atoms with van der Waals surface area (Å²) >= 11 is 0. The lowest BCUT2D eigenvalue weighted by Crippen LogP contribution is -2.46. The summed E-state index contributed by atoms with van der Waals surface area (Å²) in [4.78, 5) is 25.8. The quantitative estimate of drug-likeness (QED) is 0.813. The van der Waals surface area contributed by atoms with E-state index in [1.165, 1.54) is 6.42 Å². The van der Waals surface area contributed by atoms with Crippen molar-refractivity contribution in [1.82, 2.24) is 4.90 Å². The predicted molar refractivity (Wildman–Crippen MR) is 92.2 cm³/mol. The first kappa shape index (κ1) is 22.1. The third-order valence-electron chi connectivity index (χ3n) is 4.27. The van der Waals surface area contributed by atoms with E-state index >= 15 is 0 Å². The van der Waals surface area contributed by atoms with Gasteiger partial charge in [-0.25, -0.2) is 0 Å². The third kappa shape index (κ3) is 6.60. The number of amides is 1. The minimum atomic E-state index is -0.610. The van der Waals surface area contributed by atoms with Gasteiger partial charge in [0.1, 0.15) is 5.78 Å². The Morgan fingerprint density at radius 2 is 1.87 bits per heavy atom. The summed E-state index contributed by atoms with van der Waals surface area (Å²) in [5, 5.41) is 9.43. The summed E-state index contributed by atoms with van der Waals surface area (Å²) in [5.41, 5.74) is -0.610. The van der Waals surface area contributed by atoms with Crippen LogP contribution in [0, 0.1) is 11.3 Å². The molecule has 5 nitrogen and oxygen atoms in total. The van der Waals surface area contributed by atoms with Crippen LogP contribution in [0.15, 0.2) is 0 Å². The van der Waals surface area contributed by atoms with Gasteiger partial charge >= 0.3 is 0 Å². The van der Waals surface area contributed by atoms with Crippen LogP contribution in [0.5, 0.6) is 0 Å². The molecule has 1 heterocycles. The molecule has 1 fully saturated rings. The number of likely N-dealkylation sites (tertiary alicyclic amines) is 1. The number of Topliss-reactive ketones (excluding diaryl/α,β-unsaturated/α-hetero) is 1. The molecule has 0 bridgehead atoms. The maximum absolute atomic E-state index is 12.7. The zero-order valence-electron chi connectivity index (χ0n) is 15.9. The normalized spacial score (nSPS) is 22.3. The van der Waals surface area contributed by atoms with Gasteiger partial charge in [-0.1, -0.05) is 41.0 Å². The highest BCUT2D eigenvalue weighted by molar-refractivity contribution is 5.84. The zero-order chi connectivity index (χ0) is 18.2. The largest absolute Gasteiger partial charge is 0.394 e. The first-order valence-electron chi connectivity index (χ1n) is 8.59. The van der Waals surface area contributed by atoms with Gasteiger partial charge in [-0.3, -0.25) is 9.59 Å². The number of carbonyl (C=O) groups excluding carboxylic acids is 2.